The van der Waals surface area contributed by atoms with Gasteiger partial charge in [-0.15, -0.1) is 0 Å². The van der Waals surface area contributed by atoms with E-state index < -0.39 is 0 Å². The van der Waals surface area contributed by atoms with Crippen LogP contribution in [0.5, 0.6) is 0 Å². The van der Waals surface area contributed by atoms with Gasteiger partial charge in [-0.2, -0.15) is 4.37 Å². The van der Waals surface area contributed by atoms with E-state index in [-0.39, 0.29) is 0 Å². The van der Waals surface area contributed by atoms with Crippen molar-refractivity contribution in [3.05, 3.63) is 23.2 Å². The van der Waals surface area contributed by atoms with Gasteiger partial charge in [0.15, 0.2) is 0 Å². The molecule has 1 nitrogen and oxygen atoms in total. The van der Waals surface area contributed by atoms with Crippen LogP contribution in [0.2, 0.25) is 0 Å². The number of unbranched alkanes of at least 4 members (excludes halogenated alkanes) is 7. The summed E-state index contributed by atoms with van der Waals surface area (Å²) in [5, 5.41) is 0. The van der Waals surface area contributed by atoms with Crippen LogP contribution in [-0.2, 0) is 5.41 Å². The Bertz CT molecular complexity index is 410. The lowest BCUT2D eigenvalue weighted by Gasteiger charge is -2.28. The molecule has 0 spiro atoms. The first kappa shape index (κ1) is 19.4. The summed E-state index contributed by atoms with van der Waals surface area (Å²) in [5.41, 5.74) is 1.37. The van der Waals surface area contributed by atoms with Gasteiger partial charge in [0.2, 0.25) is 0 Å². The maximum atomic E-state index is 4.53. The molecule has 1 unspecified atom stereocenters. The highest BCUT2D eigenvalue weighted by Crippen LogP contribution is 2.38. The zero-order valence-electron chi connectivity index (χ0n) is 15.0. The average Bonchev–Trinajstić information content (AvgIpc) is 3.01. The van der Waals surface area contributed by atoms with Crippen LogP contribution in [0.1, 0.15) is 102 Å². The lowest BCUT2D eigenvalue weighted by molar-refractivity contribution is 0.369. The fourth-order valence-corrected chi connectivity index (χ4v) is 4.03. The maximum absolute atomic E-state index is 4.53. The summed E-state index contributed by atoms with van der Waals surface area (Å²) in [6.07, 6.45) is 16.7. The topological polar surface area (TPSA) is 12.9 Å². The van der Waals surface area contributed by atoms with Crippen molar-refractivity contribution in [3.63, 3.8) is 0 Å². The smallest absolute Gasteiger partial charge is 0.0765 e. The summed E-state index contributed by atoms with van der Waals surface area (Å²) in [5.74, 6) is 0. The second-order valence-corrected chi connectivity index (χ2v) is 7.66. The van der Waals surface area contributed by atoms with Crippen molar-refractivity contribution in [2.45, 2.75) is 96.8 Å². The summed E-state index contributed by atoms with van der Waals surface area (Å²) in [4.78, 5) is 1.47. The van der Waals surface area contributed by atoms with Gasteiger partial charge in [-0.1, -0.05) is 85.1 Å². The Morgan fingerprint density at radius 3 is 2.05 bits per heavy atom. The van der Waals surface area contributed by atoms with Crippen LogP contribution < -0.4 is 0 Å². The minimum absolute atomic E-state index is 0.318. The summed E-state index contributed by atoms with van der Waals surface area (Å²) in [6, 6.07) is 2.27. The van der Waals surface area contributed by atoms with Crippen molar-refractivity contribution >= 4 is 17.6 Å². The van der Waals surface area contributed by atoms with Gasteiger partial charge in [-0.3, -0.25) is 0 Å². The maximum Gasteiger partial charge on any atom is 0.0765 e. The molecule has 1 atom stereocenters. The Kier molecular flexibility index (Phi) is 9.70. The molecule has 0 amide bonds. The molecule has 0 N–H and O–H groups in total. The SMILES string of the molecule is C=Cc1cc(C(C)(CCCCCC)CCCCCCC)sn1. The van der Waals surface area contributed by atoms with Crippen LogP contribution in [0.15, 0.2) is 12.6 Å². The van der Waals surface area contributed by atoms with Crippen molar-refractivity contribution in [3.8, 4) is 0 Å². The predicted octanol–water partition coefficient (Wildman–Crippen LogP) is 7.37. The summed E-state index contributed by atoms with van der Waals surface area (Å²) in [7, 11) is 0. The summed E-state index contributed by atoms with van der Waals surface area (Å²) >= 11 is 1.69. The standard InChI is InChI=1S/C20H35NS/c1-5-8-10-12-14-16-20(4,15-13-11-9-6-2)19-17-18(7-3)21-22-19/h7,17H,3,5-6,8-16H2,1-2,4H3. The Morgan fingerprint density at radius 2 is 1.55 bits per heavy atom. The molecule has 126 valence electrons. The Hall–Kier alpha value is -0.630. The van der Waals surface area contributed by atoms with Crippen LogP contribution in [0, 0.1) is 0 Å². The lowest BCUT2D eigenvalue weighted by atomic mass is 9.78. The van der Waals surface area contributed by atoms with Crippen molar-refractivity contribution in [1.82, 2.24) is 4.37 Å². The van der Waals surface area contributed by atoms with Gasteiger partial charge in [0.05, 0.1) is 5.69 Å². The average molecular weight is 322 g/mol. The van der Waals surface area contributed by atoms with Crippen LogP contribution in [-0.4, -0.2) is 4.37 Å². The third-order valence-electron chi connectivity index (χ3n) is 4.75. The van der Waals surface area contributed by atoms with Crippen LogP contribution in [0.25, 0.3) is 6.08 Å². The number of hydrogen-bond donors (Lipinski definition) is 0. The molecule has 1 aromatic rings. The van der Waals surface area contributed by atoms with Crippen molar-refractivity contribution in [2.75, 3.05) is 0 Å². The largest absolute Gasteiger partial charge is 0.193 e. The Labute approximate surface area is 142 Å². The van der Waals surface area contributed by atoms with Gasteiger partial charge in [-0.25, -0.2) is 0 Å². The number of nitrogens with zero attached hydrogens (tertiary/aromatic N) is 1. The third kappa shape index (κ3) is 6.64. The number of rotatable bonds is 13. The molecule has 0 aliphatic rings. The van der Waals surface area contributed by atoms with Gasteiger partial charge in [0.1, 0.15) is 0 Å². The highest BCUT2D eigenvalue weighted by atomic mass is 32.1. The van der Waals surface area contributed by atoms with Gasteiger partial charge in [0.25, 0.3) is 0 Å². The molecule has 1 heterocycles. The molecule has 0 bridgehead atoms. The molecule has 2 heteroatoms. The highest BCUT2D eigenvalue weighted by Gasteiger charge is 2.27. The minimum Gasteiger partial charge on any atom is -0.193 e. The van der Waals surface area contributed by atoms with Crippen molar-refractivity contribution < 1.29 is 0 Å². The highest BCUT2D eigenvalue weighted by molar-refractivity contribution is 7.06. The Balaban J connectivity index is 2.60. The van der Waals surface area contributed by atoms with E-state index in [9.17, 15) is 0 Å². The van der Waals surface area contributed by atoms with E-state index in [0.29, 0.717) is 5.41 Å². The lowest BCUT2D eigenvalue weighted by Crippen LogP contribution is -2.20. The second-order valence-electron chi connectivity index (χ2n) is 6.86. The molecule has 1 rings (SSSR count). The summed E-state index contributed by atoms with van der Waals surface area (Å²) < 4.78 is 4.53. The van der Waals surface area contributed by atoms with Gasteiger partial charge in [0, 0.05) is 10.3 Å². The van der Waals surface area contributed by atoms with E-state index >= 15 is 0 Å². The van der Waals surface area contributed by atoms with Crippen LogP contribution >= 0.6 is 11.5 Å². The molecule has 0 aliphatic heterocycles. The zero-order valence-corrected chi connectivity index (χ0v) is 15.8. The van der Waals surface area contributed by atoms with Gasteiger partial charge >= 0.3 is 0 Å². The molecule has 0 aromatic carbocycles. The first-order valence-corrected chi connectivity index (χ1v) is 10.0. The molecule has 0 aliphatic carbocycles. The minimum atomic E-state index is 0.318. The molecule has 0 saturated carbocycles. The first-order chi connectivity index (χ1) is 10.7. The second kappa shape index (κ2) is 11.0. The van der Waals surface area contributed by atoms with Gasteiger partial charge < -0.3 is 0 Å². The first-order valence-electron chi connectivity index (χ1n) is 9.26. The number of aromatic nitrogens is 1. The fourth-order valence-electron chi connectivity index (χ4n) is 3.10. The summed E-state index contributed by atoms with van der Waals surface area (Å²) in [6.45, 7) is 10.9. The van der Waals surface area contributed by atoms with E-state index in [1.165, 1.54) is 75.5 Å². The molecular formula is C20H35NS. The molecule has 22 heavy (non-hydrogen) atoms. The third-order valence-corrected chi connectivity index (χ3v) is 5.86. The normalized spacial score (nSPS) is 14.0. The van der Waals surface area contributed by atoms with E-state index in [2.05, 4.69) is 37.8 Å². The quantitative estimate of drug-likeness (QED) is 0.345. The number of hydrogen-bond acceptors (Lipinski definition) is 2. The predicted molar refractivity (Wildman–Crippen MR) is 102 cm³/mol. The fraction of sp³-hybridized carbons (Fsp3) is 0.750. The van der Waals surface area contributed by atoms with Crippen LogP contribution in [0.3, 0.4) is 0 Å². The molecule has 0 saturated heterocycles. The molecule has 0 radical (unpaired) electrons. The van der Waals surface area contributed by atoms with E-state index in [4.69, 9.17) is 0 Å². The van der Waals surface area contributed by atoms with E-state index in [1.54, 1.807) is 11.5 Å². The Morgan fingerprint density at radius 1 is 1.00 bits per heavy atom. The van der Waals surface area contributed by atoms with Gasteiger partial charge in [-0.05, 0) is 36.5 Å². The molecule has 1 aromatic heterocycles. The molecule has 0 fully saturated rings. The van der Waals surface area contributed by atoms with E-state index in [1.807, 2.05) is 6.08 Å². The monoisotopic (exact) mass is 321 g/mol. The van der Waals surface area contributed by atoms with Crippen molar-refractivity contribution in [2.24, 2.45) is 0 Å². The van der Waals surface area contributed by atoms with Crippen LogP contribution in [0.4, 0.5) is 0 Å². The van der Waals surface area contributed by atoms with E-state index in [0.717, 1.165) is 5.69 Å². The van der Waals surface area contributed by atoms with Crippen molar-refractivity contribution in [1.29, 1.82) is 0 Å². The zero-order chi connectivity index (χ0) is 16.3. The molecular weight excluding hydrogens is 286 g/mol.